The van der Waals surface area contributed by atoms with Gasteiger partial charge in [0.25, 0.3) is 5.91 Å². The predicted molar refractivity (Wildman–Crippen MR) is 102 cm³/mol. The lowest BCUT2D eigenvalue weighted by molar-refractivity contribution is 0.0946. The van der Waals surface area contributed by atoms with Crippen LogP contribution in [0.4, 0.5) is 0 Å². The molecular weight excluding hydrogens is 328 g/mol. The fourth-order valence-corrected chi connectivity index (χ4v) is 3.00. The molecule has 1 aromatic carbocycles. The summed E-state index contributed by atoms with van der Waals surface area (Å²) in [6.07, 6.45) is 0.783. The van der Waals surface area contributed by atoms with E-state index in [0.29, 0.717) is 31.0 Å². The smallest absolute Gasteiger partial charge is 0.252 e. The van der Waals surface area contributed by atoms with Crippen LogP contribution < -0.4 is 5.32 Å². The molecule has 0 spiro atoms. The van der Waals surface area contributed by atoms with Crippen molar-refractivity contribution in [1.29, 1.82) is 0 Å². The average Bonchev–Trinajstić information content (AvgIpc) is 2.95. The van der Waals surface area contributed by atoms with Gasteiger partial charge in [-0.25, -0.2) is 4.98 Å². The van der Waals surface area contributed by atoms with Gasteiger partial charge in [0.2, 0.25) is 0 Å². The topological polar surface area (TPSA) is 69.0 Å². The van der Waals surface area contributed by atoms with E-state index in [0.717, 1.165) is 28.8 Å². The van der Waals surface area contributed by atoms with Crippen LogP contribution in [0.1, 0.15) is 29.4 Å². The molecule has 0 unspecified atom stereocenters. The number of aryl methyl sites for hydroxylation is 2. The molecule has 0 saturated heterocycles. The van der Waals surface area contributed by atoms with Crippen LogP contribution in [0.3, 0.4) is 0 Å². The second kappa shape index (κ2) is 8.10. The summed E-state index contributed by atoms with van der Waals surface area (Å²) in [6.45, 7) is 5.77. The van der Waals surface area contributed by atoms with Gasteiger partial charge < -0.3 is 10.1 Å². The van der Waals surface area contributed by atoms with Crippen LogP contribution in [-0.4, -0.2) is 40.4 Å². The van der Waals surface area contributed by atoms with E-state index in [-0.39, 0.29) is 5.91 Å². The molecule has 0 aliphatic carbocycles. The van der Waals surface area contributed by atoms with Gasteiger partial charge in [-0.3, -0.25) is 9.48 Å². The lowest BCUT2D eigenvalue weighted by Crippen LogP contribution is -2.25. The van der Waals surface area contributed by atoms with Crippen LogP contribution in [0.5, 0.6) is 0 Å². The molecule has 3 aromatic rings. The van der Waals surface area contributed by atoms with E-state index < -0.39 is 0 Å². The maximum Gasteiger partial charge on any atom is 0.252 e. The molecular formula is C20H24N4O2. The minimum Gasteiger partial charge on any atom is -0.382 e. The number of hydrogen-bond acceptors (Lipinski definition) is 4. The maximum atomic E-state index is 12.8. The van der Waals surface area contributed by atoms with Gasteiger partial charge in [0, 0.05) is 32.4 Å². The van der Waals surface area contributed by atoms with Gasteiger partial charge in [-0.1, -0.05) is 30.3 Å². The van der Waals surface area contributed by atoms with E-state index in [1.165, 1.54) is 0 Å². The van der Waals surface area contributed by atoms with E-state index in [2.05, 4.69) is 10.4 Å². The first kappa shape index (κ1) is 18.1. The molecule has 26 heavy (non-hydrogen) atoms. The van der Waals surface area contributed by atoms with Gasteiger partial charge >= 0.3 is 0 Å². The van der Waals surface area contributed by atoms with Crippen molar-refractivity contribution in [1.82, 2.24) is 20.1 Å². The highest BCUT2D eigenvalue weighted by Gasteiger charge is 2.18. The Morgan fingerprint density at radius 1 is 1.27 bits per heavy atom. The summed E-state index contributed by atoms with van der Waals surface area (Å²) in [5, 5.41) is 8.22. The largest absolute Gasteiger partial charge is 0.382 e. The second-order valence-corrected chi connectivity index (χ2v) is 6.14. The molecule has 6 nitrogen and oxygen atoms in total. The highest BCUT2D eigenvalue weighted by atomic mass is 16.5. The first-order chi connectivity index (χ1) is 12.6. The lowest BCUT2D eigenvalue weighted by Gasteiger charge is -2.09. The number of nitrogens with zero attached hydrogens (tertiary/aromatic N) is 3. The number of aromatic nitrogens is 3. The summed E-state index contributed by atoms with van der Waals surface area (Å²) in [6, 6.07) is 11.7. The zero-order valence-corrected chi connectivity index (χ0v) is 15.5. The number of nitrogens with one attached hydrogen (secondary N) is 1. The summed E-state index contributed by atoms with van der Waals surface area (Å²) >= 11 is 0. The summed E-state index contributed by atoms with van der Waals surface area (Å²) in [5.74, 6) is -0.109. The quantitative estimate of drug-likeness (QED) is 0.664. The van der Waals surface area contributed by atoms with E-state index in [1.807, 2.05) is 57.3 Å². The van der Waals surface area contributed by atoms with Crippen molar-refractivity contribution in [2.24, 2.45) is 7.05 Å². The van der Waals surface area contributed by atoms with Gasteiger partial charge in [0.05, 0.1) is 22.3 Å². The Kier molecular flexibility index (Phi) is 5.63. The highest BCUT2D eigenvalue weighted by molar-refractivity contribution is 6.07. The standard InChI is InChI=1S/C20H24N4O2/c1-4-26-12-8-11-21-20(25)16-13-17(15-9-6-5-7-10-15)22-19-18(16)14(2)23-24(19)3/h5-7,9-10,13H,4,8,11-12H2,1-3H3,(H,21,25). The van der Waals surface area contributed by atoms with Gasteiger partial charge in [-0.2, -0.15) is 5.10 Å². The van der Waals surface area contributed by atoms with Gasteiger partial charge in [0.15, 0.2) is 5.65 Å². The van der Waals surface area contributed by atoms with E-state index >= 15 is 0 Å². The number of amides is 1. The van der Waals surface area contributed by atoms with Crippen LogP contribution in [0.25, 0.3) is 22.3 Å². The Balaban J connectivity index is 1.96. The Morgan fingerprint density at radius 2 is 2.04 bits per heavy atom. The van der Waals surface area contributed by atoms with Crippen LogP contribution in [0, 0.1) is 6.92 Å². The molecule has 136 valence electrons. The maximum absolute atomic E-state index is 12.8. The van der Waals surface area contributed by atoms with E-state index in [4.69, 9.17) is 9.72 Å². The molecule has 6 heteroatoms. The molecule has 1 N–H and O–H groups in total. The number of carbonyl (C=O) groups is 1. The van der Waals surface area contributed by atoms with Crippen LogP contribution >= 0.6 is 0 Å². The molecule has 0 fully saturated rings. The molecule has 0 bridgehead atoms. The number of rotatable bonds is 7. The van der Waals surface area contributed by atoms with Crippen molar-refractivity contribution in [3.63, 3.8) is 0 Å². The number of fused-ring (bicyclic) bond motifs is 1. The first-order valence-corrected chi connectivity index (χ1v) is 8.87. The fourth-order valence-electron chi connectivity index (χ4n) is 3.00. The fraction of sp³-hybridized carbons (Fsp3) is 0.350. The van der Waals surface area contributed by atoms with Gasteiger partial charge in [-0.15, -0.1) is 0 Å². The van der Waals surface area contributed by atoms with Crippen molar-refractivity contribution in [2.75, 3.05) is 19.8 Å². The molecule has 0 aliphatic rings. The highest BCUT2D eigenvalue weighted by Crippen LogP contribution is 2.26. The third kappa shape index (κ3) is 3.75. The molecule has 0 atom stereocenters. The van der Waals surface area contributed by atoms with Crippen LogP contribution in [0.2, 0.25) is 0 Å². The zero-order valence-electron chi connectivity index (χ0n) is 15.5. The summed E-state index contributed by atoms with van der Waals surface area (Å²) in [7, 11) is 1.85. The predicted octanol–water partition coefficient (Wildman–Crippen LogP) is 3.10. The SMILES string of the molecule is CCOCCCNC(=O)c1cc(-c2ccccc2)nc2c1c(C)nn2C. The first-order valence-electron chi connectivity index (χ1n) is 8.87. The number of hydrogen-bond donors (Lipinski definition) is 1. The monoisotopic (exact) mass is 352 g/mol. The molecule has 2 heterocycles. The molecule has 0 saturated carbocycles. The Bertz CT molecular complexity index is 903. The Labute approximate surface area is 153 Å². The van der Waals surface area contributed by atoms with Gasteiger partial charge in [0.1, 0.15) is 0 Å². The summed E-state index contributed by atoms with van der Waals surface area (Å²) in [5.41, 5.74) is 3.85. The summed E-state index contributed by atoms with van der Waals surface area (Å²) < 4.78 is 7.04. The Morgan fingerprint density at radius 3 is 2.77 bits per heavy atom. The number of benzene rings is 1. The molecule has 2 aromatic heterocycles. The number of pyridine rings is 1. The van der Waals surface area contributed by atoms with E-state index in [9.17, 15) is 4.79 Å². The van der Waals surface area contributed by atoms with Crippen molar-refractivity contribution in [3.8, 4) is 11.3 Å². The normalized spacial score (nSPS) is 11.0. The number of ether oxygens (including phenoxy) is 1. The van der Waals surface area contributed by atoms with Crippen molar-refractivity contribution in [3.05, 3.63) is 47.7 Å². The minimum absolute atomic E-state index is 0.109. The van der Waals surface area contributed by atoms with Crippen molar-refractivity contribution >= 4 is 16.9 Å². The Hall–Kier alpha value is -2.73. The van der Waals surface area contributed by atoms with Gasteiger partial charge in [-0.05, 0) is 26.3 Å². The lowest BCUT2D eigenvalue weighted by atomic mass is 10.0. The average molecular weight is 352 g/mol. The minimum atomic E-state index is -0.109. The third-order valence-corrected chi connectivity index (χ3v) is 4.24. The second-order valence-electron chi connectivity index (χ2n) is 6.14. The van der Waals surface area contributed by atoms with Crippen molar-refractivity contribution in [2.45, 2.75) is 20.3 Å². The van der Waals surface area contributed by atoms with Crippen LogP contribution in [0.15, 0.2) is 36.4 Å². The van der Waals surface area contributed by atoms with Crippen molar-refractivity contribution < 1.29 is 9.53 Å². The molecule has 0 radical (unpaired) electrons. The third-order valence-electron chi connectivity index (χ3n) is 4.24. The molecule has 0 aliphatic heterocycles. The van der Waals surface area contributed by atoms with E-state index in [1.54, 1.807) is 4.68 Å². The molecule has 3 rings (SSSR count). The zero-order chi connectivity index (χ0) is 18.5. The summed E-state index contributed by atoms with van der Waals surface area (Å²) in [4.78, 5) is 17.5. The number of carbonyl (C=O) groups excluding carboxylic acids is 1. The molecule has 1 amide bonds. The van der Waals surface area contributed by atoms with Crippen LogP contribution in [-0.2, 0) is 11.8 Å².